The highest BCUT2D eigenvalue weighted by Crippen LogP contribution is 2.29. The van der Waals surface area contributed by atoms with Crippen LogP contribution in [0, 0.1) is 5.82 Å². The summed E-state index contributed by atoms with van der Waals surface area (Å²) in [6.45, 7) is -0.0471. The van der Waals surface area contributed by atoms with Crippen LogP contribution in [-0.4, -0.2) is 11.7 Å². The number of halogens is 3. The van der Waals surface area contributed by atoms with Crippen molar-refractivity contribution >= 4 is 27.5 Å². The molecule has 4 heteroatoms. The number of benzene rings is 2. The zero-order valence-corrected chi connectivity index (χ0v) is 12.5. The first-order valence-electron chi connectivity index (χ1n) is 5.91. The first-order valence-corrected chi connectivity index (χ1v) is 7.08. The van der Waals surface area contributed by atoms with Crippen molar-refractivity contribution in [2.75, 3.05) is 6.61 Å². The van der Waals surface area contributed by atoms with Crippen LogP contribution in [0.2, 0.25) is 5.02 Å². The number of rotatable bonds is 4. The van der Waals surface area contributed by atoms with Crippen molar-refractivity contribution in [3.05, 3.63) is 68.9 Å². The van der Waals surface area contributed by atoms with E-state index >= 15 is 0 Å². The van der Waals surface area contributed by atoms with Gasteiger partial charge in [-0.25, -0.2) is 4.39 Å². The minimum atomic E-state index is -0.408. The van der Waals surface area contributed by atoms with Gasteiger partial charge in [-0.2, -0.15) is 0 Å². The van der Waals surface area contributed by atoms with Crippen molar-refractivity contribution in [2.24, 2.45) is 0 Å². The summed E-state index contributed by atoms with van der Waals surface area (Å²) in [5, 5.41) is 9.66. The minimum Gasteiger partial charge on any atom is -0.396 e. The van der Waals surface area contributed by atoms with Crippen LogP contribution < -0.4 is 0 Å². The van der Waals surface area contributed by atoms with E-state index in [0.717, 1.165) is 10.0 Å². The molecule has 2 rings (SSSR count). The summed E-state index contributed by atoms with van der Waals surface area (Å²) in [5.41, 5.74) is 1.48. The Morgan fingerprint density at radius 3 is 2.58 bits per heavy atom. The number of aliphatic hydroxyl groups is 1. The first-order chi connectivity index (χ1) is 9.13. The summed E-state index contributed by atoms with van der Waals surface area (Å²) in [4.78, 5) is 0. The molecule has 0 spiro atoms. The van der Waals surface area contributed by atoms with Gasteiger partial charge in [0, 0.05) is 10.4 Å². The lowest BCUT2D eigenvalue weighted by molar-refractivity contribution is 0.263. The summed E-state index contributed by atoms with van der Waals surface area (Å²) in [6, 6.07) is 12.6. The molecule has 0 saturated heterocycles. The van der Waals surface area contributed by atoms with E-state index in [4.69, 9.17) is 11.6 Å². The standard InChI is InChI=1S/C15H13BrClFO/c16-13-6-2-1-5-12(13)11(9-19)8-10-4-3-7-14(17)15(10)18/h1-7,11,19H,8-9H2. The summed E-state index contributed by atoms with van der Waals surface area (Å²) in [6.07, 6.45) is 0.408. The molecular formula is C15H13BrClFO. The van der Waals surface area contributed by atoms with Gasteiger partial charge in [0.25, 0.3) is 0 Å². The molecular weight excluding hydrogens is 331 g/mol. The molecule has 2 aromatic carbocycles. The van der Waals surface area contributed by atoms with Crippen LogP contribution in [-0.2, 0) is 6.42 Å². The van der Waals surface area contributed by atoms with Gasteiger partial charge in [-0.1, -0.05) is 57.9 Å². The molecule has 0 bridgehead atoms. The maximum absolute atomic E-state index is 13.9. The van der Waals surface area contributed by atoms with Gasteiger partial charge in [0.1, 0.15) is 5.82 Å². The normalized spacial score (nSPS) is 12.4. The van der Waals surface area contributed by atoms with Crippen molar-refractivity contribution in [2.45, 2.75) is 12.3 Å². The maximum atomic E-state index is 13.9. The second kappa shape index (κ2) is 6.51. The molecule has 0 aliphatic carbocycles. The van der Waals surface area contributed by atoms with E-state index in [2.05, 4.69) is 15.9 Å². The Labute approximate surface area is 125 Å². The number of hydrogen-bond donors (Lipinski definition) is 1. The Morgan fingerprint density at radius 1 is 1.16 bits per heavy atom. The quantitative estimate of drug-likeness (QED) is 0.863. The molecule has 100 valence electrons. The van der Waals surface area contributed by atoms with E-state index in [9.17, 15) is 9.50 Å². The smallest absolute Gasteiger partial charge is 0.144 e. The van der Waals surface area contributed by atoms with E-state index < -0.39 is 5.82 Å². The van der Waals surface area contributed by atoms with E-state index in [-0.39, 0.29) is 17.5 Å². The third-order valence-corrected chi connectivity index (χ3v) is 4.08. The highest BCUT2D eigenvalue weighted by Gasteiger charge is 2.17. The van der Waals surface area contributed by atoms with Gasteiger partial charge in [-0.05, 0) is 29.7 Å². The Bertz CT molecular complexity index is 574. The first kappa shape index (κ1) is 14.5. The lowest BCUT2D eigenvalue weighted by atomic mass is 9.92. The minimum absolute atomic E-state index is 0.0471. The molecule has 0 aromatic heterocycles. The molecule has 0 aliphatic rings. The molecule has 19 heavy (non-hydrogen) atoms. The molecule has 0 radical (unpaired) electrons. The molecule has 0 amide bonds. The zero-order valence-electron chi connectivity index (χ0n) is 10.1. The van der Waals surface area contributed by atoms with Crippen LogP contribution in [0.1, 0.15) is 17.0 Å². The van der Waals surface area contributed by atoms with Gasteiger partial charge in [0.05, 0.1) is 11.6 Å². The zero-order chi connectivity index (χ0) is 13.8. The van der Waals surface area contributed by atoms with Crippen molar-refractivity contribution < 1.29 is 9.50 Å². The van der Waals surface area contributed by atoms with Gasteiger partial charge in [0.15, 0.2) is 0 Å². The third kappa shape index (κ3) is 3.35. The second-order valence-electron chi connectivity index (χ2n) is 4.32. The summed E-state index contributed by atoms with van der Waals surface area (Å²) >= 11 is 9.22. The SMILES string of the molecule is OCC(Cc1cccc(Cl)c1F)c1ccccc1Br. The van der Waals surface area contributed by atoms with Gasteiger partial charge in [-0.15, -0.1) is 0 Å². The van der Waals surface area contributed by atoms with Crippen molar-refractivity contribution in [3.8, 4) is 0 Å². The topological polar surface area (TPSA) is 20.2 Å². The number of hydrogen-bond acceptors (Lipinski definition) is 1. The van der Waals surface area contributed by atoms with E-state index in [0.29, 0.717) is 12.0 Å². The monoisotopic (exact) mass is 342 g/mol. The second-order valence-corrected chi connectivity index (χ2v) is 5.58. The van der Waals surface area contributed by atoms with E-state index in [1.54, 1.807) is 12.1 Å². The van der Waals surface area contributed by atoms with Gasteiger partial charge in [0.2, 0.25) is 0 Å². The molecule has 2 aromatic rings. The number of aliphatic hydroxyl groups excluding tert-OH is 1. The summed E-state index contributed by atoms with van der Waals surface area (Å²) in [5.74, 6) is -0.571. The van der Waals surface area contributed by atoms with Crippen LogP contribution in [0.25, 0.3) is 0 Å². The van der Waals surface area contributed by atoms with Gasteiger partial charge >= 0.3 is 0 Å². The predicted octanol–water partition coefficient (Wildman–Crippen LogP) is 4.56. The van der Waals surface area contributed by atoms with Crippen LogP contribution in [0.3, 0.4) is 0 Å². The van der Waals surface area contributed by atoms with Crippen LogP contribution in [0.5, 0.6) is 0 Å². The highest BCUT2D eigenvalue weighted by molar-refractivity contribution is 9.10. The lowest BCUT2D eigenvalue weighted by Crippen LogP contribution is -2.09. The molecule has 1 unspecified atom stereocenters. The van der Waals surface area contributed by atoms with Crippen LogP contribution >= 0.6 is 27.5 Å². The Balaban J connectivity index is 2.30. The van der Waals surface area contributed by atoms with Crippen LogP contribution in [0.4, 0.5) is 4.39 Å². The Morgan fingerprint density at radius 2 is 1.89 bits per heavy atom. The molecule has 1 atom stereocenters. The van der Waals surface area contributed by atoms with Crippen molar-refractivity contribution in [3.63, 3.8) is 0 Å². The van der Waals surface area contributed by atoms with Gasteiger partial charge in [-0.3, -0.25) is 0 Å². The molecule has 1 N–H and O–H groups in total. The summed E-state index contributed by atoms with van der Waals surface area (Å²) in [7, 11) is 0. The highest BCUT2D eigenvalue weighted by atomic mass is 79.9. The molecule has 0 heterocycles. The van der Waals surface area contributed by atoms with Gasteiger partial charge < -0.3 is 5.11 Å². The van der Waals surface area contributed by atoms with E-state index in [1.165, 1.54) is 6.07 Å². The lowest BCUT2D eigenvalue weighted by Gasteiger charge is -2.17. The molecule has 0 fully saturated rings. The maximum Gasteiger partial charge on any atom is 0.144 e. The fourth-order valence-corrected chi connectivity index (χ4v) is 2.85. The fourth-order valence-electron chi connectivity index (χ4n) is 2.05. The fraction of sp³-hybridized carbons (Fsp3) is 0.200. The average molecular weight is 344 g/mol. The van der Waals surface area contributed by atoms with E-state index in [1.807, 2.05) is 24.3 Å². The largest absolute Gasteiger partial charge is 0.396 e. The Kier molecular flexibility index (Phi) is 4.97. The van der Waals surface area contributed by atoms with Crippen molar-refractivity contribution in [1.29, 1.82) is 0 Å². The average Bonchev–Trinajstić information content (AvgIpc) is 2.41. The van der Waals surface area contributed by atoms with Crippen molar-refractivity contribution in [1.82, 2.24) is 0 Å². The predicted molar refractivity (Wildman–Crippen MR) is 79.1 cm³/mol. The summed E-state index contributed by atoms with van der Waals surface area (Å²) < 4.78 is 14.8. The molecule has 0 saturated carbocycles. The molecule has 1 nitrogen and oxygen atoms in total. The molecule has 0 aliphatic heterocycles. The third-order valence-electron chi connectivity index (χ3n) is 3.06. The van der Waals surface area contributed by atoms with Crippen LogP contribution in [0.15, 0.2) is 46.9 Å². The Hall–Kier alpha value is -0.900.